The highest BCUT2D eigenvalue weighted by molar-refractivity contribution is 6.58. The maximum absolute atomic E-state index is 14.2. The fourth-order valence-electron chi connectivity index (χ4n) is 6.89. The molecule has 1 aromatic carbocycles. The number of hydrogen-bond donors (Lipinski definition) is 4. The van der Waals surface area contributed by atoms with Crippen LogP contribution in [-0.2, 0) is 23.7 Å². The normalized spacial score (nSPS) is 38.1. The van der Waals surface area contributed by atoms with Crippen LogP contribution in [0.25, 0.3) is 0 Å². The van der Waals surface area contributed by atoms with Crippen molar-refractivity contribution in [3.8, 4) is 0 Å². The first-order valence-corrected chi connectivity index (χ1v) is 15.6. The van der Waals surface area contributed by atoms with Crippen LogP contribution in [0.5, 0.6) is 0 Å². The van der Waals surface area contributed by atoms with E-state index in [9.17, 15) is 25.1 Å². The molecule has 0 amide bonds. The fraction of sp³-hybridized carbons (Fsp3) is 0.781. The predicted octanol–water partition coefficient (Wildman–Crippen LogP) is 1.16. The first-order chi connectivity index (χ1) is 20.4. The van der Waals surface area contributed by atoms with E-state index in [-0.39, 0.29) is 36.5 Å². The molecular formula is C32H55BN2O9. The third-order valence-electron chi connectivity index (χ3n) is 9.66. The van der Waals surface area contributed by atoms with Crippen LogP contribution in [0.4, 0.5) is 0 Å². The number of ether oxygens (including phenoxy) is 4. The van der Waals surface area contributed by atoms with Gasteiger partial charge in [0.15, 0.2) is 12.6 Å². The second kappa shape index (κ2) is 15.0. The number of aliphatic hydroxyl groups excluding tert-OH is 2. The predicted molar refractivity (Wildman–Crippen MR) is 168 cm³/mol. The highest BCUT2D eigenvalue weighted by atomic mass is 16.7. The van der Waals surface area contributed by atoms with Crippen molar-refractivity contribution < 1.29 is 44.0 Å². The molecule has 0 saturated carbocycles. The second-order valence-electron chi connectivity index (χ2n) is 14.0. The Labute approximate surface area is 263 Å². The van der Waals surface area contributed by atoms with E-state index in [0.29, 0.717) is 24.8 Å². The lowest BCUT2D eigenvalue weighted by molar-refractivity contribution is -0.296. The molecule has 0 spiro atoms. The van der Waals surface area contributed by atoms with E-state index < -0.39 is 48.8 Å². The largest absolute Gasteiger partial charge is 0.488 e. The Morgan fingerprint density at radius 2 is 1.68 bits per heavy atom. The summed E-state index contributed by atoms with van der Waals surface area (Å²) in [6.45, 7) is 11.8. The number of aliphatic hydroxyl groups is 2. The van der Waals surface area contributed by atoms with Crippen molar-refractivity contribution >= 4 is 18.4 Å². The minimum absolute atomic E-state index is 0.0590. The summed E-state index contributed by atoms with van der Waals surface area (Å²) in [7, 11) is 5.82. The SMILES string of the molecule is CO[C@]1(C)C[C@@H](C)CN(C)[C@H](c2ccc(B(O)O)cc2)COC(O)C(C)(C)C(=O)[C@H](C)[C@H]1O[C@@H]1O[C@H](C)C[C@H](N(C)C)[C@H]1O. The van der Waals surface area contributed by atoms with Gasteiger partial charge in [-0.3, -0.25) is 9.69 Å². The molecule has 2 aliphatic heterocycles. The van der Waals surface area contributed by atoms with Crippen LogP contribution >= 0.6 is 0 Å². The van der Waals surface area contributed by atoms with Crippen LogP contribution in [0, 0.1) is 17.3 Å². The average molecular weight is 623 g/mol. The van der Waals surface area contributed by atoms with Crippen molar-refractivity contribution in [1.82, 2.24) is 9.80 Å². The molecule has 2 heterocycles. The van der Waals surface area contributed by atoms with Gasteiger partial charge in [0.1, 0.15) is 11.9 Å². The Hall–Kier alpha value is -1.45. The van der Waals surface area contributed by atoms with Gasteiger partial charge in [-0.25, -0.2) is 0 Å². The molecule has 0 aliphatic carbocycles. The molecule has 10 atom stereocenters. The number of Topliss-reactive ketones (excluding diaryl/α,β-unsaturated/α-hetero) is 1. The minimum Gasteiger partial charge on any atom is -0.423 e. The fourth-order valence-corrected chi connectivity index (χ4v) is 6.89. The van der Waals surface area contributed by atoms with E-state index in [4.69, 9.17) is 18.9 Å². The molecule has 2 aliphatic rings. The summed E-state index contributed by atoms with van der Waals surface area (Å²) in [5, 5.41) is 41.7. The molecule has 2 saturated heterocycles. The molecule has 12 heteroatoms. The zero-order chi connectivity index (χ0) is 33.1. The van der Waals surface area contributed by atoms with Gasteiger partial charge in [-0.2, -0.15) is 0 Å². The Balaban J connectivity index is 2.02. The molecule has 11 nitrogen and oxygen atoms in total. The zero-order valence-corrected chi connectivity index (χ0v) is 28.1. The van der Waals surface area contributed by atoms with Gasteiger partial charge in [0.05, 0.1) is 35.9 Å². The Morgan fingerprint density at radius 1 is 1.07 bits per heavy atom. The van der Waals surface area contributed by atoms with Crippen LogP contribution in [-0.4, -0.2) is 127 Å². The van der Waals surface area contributed by atoms with E-state index in [2.05, 4.69) is 11.8 Å². The number of nitrogens with zero attached hydrogens (tertiary/aromatic N) is 2. The summed E-state index contributed by atoms with van der Waals surface area (Å²) in [5.74, 6) is -0.958. The standard InChI is InChI=1S/C32H55BN2O9/c1-19-16-32(6,41-10)28(44-29-26(36)24(34(7)8)15-20(2)43-29)21(3)27(37)31(4,5)30(38)42-18-25(35(9)17-19)22-11-13-23(14-12-22)33(39)40/h11-14,19-21,24-26,28-30,36,38-40H,15-18H2,1-10H3/t19-,20-,21+,24+,25+,26-,28-,29+,30?,32-/m1/s1. The van der Waals surface area contributed by atoms with Crippen molar-refractivity contribution in [3.05, 3.63) is 29.8 Å². The van der Waals surface area contributed by atoms with Gasteiger partial charge in [0.25, 0.3) is 0 Å². The first-order valence-electron chi connectivity index (χ1n) is 15.6. The van der Waals surface area contributed by atoms with Gasteiger partial charge in [0, 0.05) is 25.6 Å². The molecule has 44 heavy (non-hydrogen) atoms. The molecule has 0 aromatic heterocycles. The summed E-state index contributed by atoms with van der Waals surface area (Å²) in [4.78, 5) is 18.3. The minimum atomic E-state index is -1.58. The number of likely N-dealkylation sites (N-methyl/N-ethyl adjacent to an activating group) is 2. The third-order valence-corrected chi connectivity index (χ3v) is 9.66. The Morgan fingerprint density at radius 3 is 2.23 bits per heavy atom. The maximum Gasteiger partial charge on any atom is 0.488 e. The number of benzene rings is 1. The van der Waals surface area contributed by atoms with Gasteiger partial charge in [-0.05, 0) is 78.6 Å². The van der Waals surface area contributed by atoms with Gasteiger partial charge in [-0.1, -0.05) is 38.1 Å². The molecule has 1 unspecified atom stereocenters. The first kappa shape index (κ1) is 37.0. The van der Waals surface area contributed by atoms with Gasteiger partial charge in [-0.15, -0.1) is 0 Å². The lowest BCUT2D eigenvalue weighted by Crippen LogP contribution is -2.59. The number of ketones is 1. The quantitative estimate of drug-likeness (QED) is 0.340. The summed E-state index contributed by atoms with van der Waals surface area (Å²) in [6, 6.07) is 6.44. The van der Waals surface area contributed by atoms with E-state index in [0.717, 1.165) is 5.56 Å². The summed E-state index contributed by atoms with van der Waals surface area (Å²) < 4.78 is 25.0. The maximum atomic E-state index is 14.2. The van der Waals surface area contributed by atoms with Crippen LogP contribution in [0.1, 0.15) is 66.0 Å². The third kappa shape index (κ3) is 8.28. The monoisotopic (exact) mass is 622 g/mol. The smallest absolute Gasteiger partial charge is 0.423 e. The van der Waals surface area contributed by atoms with Crippen LogP contribution in [0.3, 0.4) is 0 Å². The van der Waals surface area contributed by atoms with Crippen molar-refractivity contribution in [2.24, 2.45) is 17.3 Å². The summed E-state index contributed by atoms with van der Waals surface area (Å²) in [6.07, 6.45) is -3.18. The summed E-state index contributed by atoms with van der Waals surface area (Å²) >= 11 is 0. The number of methoxy groups -OCH3 is 1. The Bertz CT molecular complexity index is 1070. The molecular weight excluding hydrogens is 567 g/mol. The number of carbonyl (C=O) groups is 1. The van der Waals surface area contributed by atoms with Gasteiger partial charge >= 0.3 is 7.12 Å². The Kier molecular flexibility index (Phi) is 12.6. The lowest BCUT2D eigenvalue weighted by Gasteiger charge is -2.47. The van der Waals surface area contributed by atoms with Gasteiger partial charge in [0.2, 0.25) is 0 Å². The highest BCUT2D eigenvalue weighted by Gasteiger charge is 2.51. The second-order valence-corrected chi connectivity index (χ2v) is 14.0. The van der Waals surface area contributed by atoms with Crippen molar-refractivity contribution in [2.45, 2.75) is 103 Å². The van der Waals surface area contributed by atoms with E-state index >= 15 is 0 Å². The van der Waals surface area contributed by atoms with Crippen LogP contribution < -0.4 is 5.46 Å². The van der Waals surface area contributed by atoms with Crippen molar-refractivity contribution in [3.63, 3.8) is 0 Å². The lowest BCUT2D eigenvalue weighted by atomic mass is 9.74. The molecule has 0 radical (unpaired) electrons. The molecule has 250 valence electrons. The average Bonchev–Trinajstić information content (AvgIpc) is 2.95. The molecule has 1 aromatic rings. The van der Waals surface area contributed by atoms with E-state index in [1.165, 1.54) is 0 Å². The van der Waals surface area contributed by atoms with Crippen molar-refractivity contribution in [1.29, 1.82) is 0 Å². The highest BCUT2D eigenvalue weighted by Crippen LogP contribution is 2.39. The van der Waals surface area contributed by atoms with Crippen molar-refractivity contribution in [2.75, 3.05) is 41.4 Å². The number of carbonyl (C=O) groups excluding carboxylic acids is 1. The van der Waals surface area contributed by atoms with Crippen LogP contribution in [0.2, 0.25) is 0 Å². The molecule has 0 bridgehead atoms. The van der Waals surface area contributed by atoms with E-state index in [1.807, 2.05) is 52.0 Å². The van der Waals surface area contributed by atoms with Crippen LogP contribution in [0.15, 0.2) is 24.3 Å². The number of hydrogen-bond acceptors (Lipinski definition) is 11. The van der Waals surface area contributed by atoms with E-state index in [1.54, 1.807) is 40.0 Å². The molecule has 2 fully saturated rings. The summed E-state index contributed by atoms with van der Waals surface area (Å²) in [5.41, 5.74) is -1.03. The van der Waals surface area contributed by atoms with Gasteiger partial charge < -0.3 is 44.1 Å². The zero-order valence-electron chi connectivity index (χ0n) is 28.1. The molecule has 4 N–H and O–H groups in total. The topological polar surface area (TPSA) is 141 Å². The number of rotatable bonds is 6. The molecule has 3 rings (SSSR count).